The van der Waals surface area contributed by atoms with Gasteiger partial charge in [-0.25, -0.2) is 0 Å². The Morgan fingerprint density at radius 1 is 1.33 bits per heavy atom. The normalized spacial score (nSPS) is 44.5. The van der Waals surface area contributed by atoms with E-state index in [2.05, 4.69) is 37.1 Å². The van der Waals surface area contributed by atoms with Crippen LogP contribution < -0.4 is 4.74 Å². The monoisotopic (exact) mass is 411 g/mol. The van der Waals surface area contributed by atoms with Gasteiger partial charge in [0.1, 0.15) is 11.7 Å². The third-order valence-corrected chi connectivity index (χ3v) is 9.58. The first-order valence-electron chi connectivity index (χ1n) is 11.5. The summed E-state index contributed by atoms with van der Waals surface area (Å²) in [6.07, 6.45) is 8.86. The van der Waals surface area contributed by atoms with Gasteiger partial charge in [0.2, 0.25) is 0 Å². The summed E-state index contributed by atoms with van der Waals surface area (Å²) >= 11 is 0. The first-order chi connectivity index (χ1) is 14.3. The molecule has 2 heterocycles. The van der Waals surface area contributed by atoms with Crippen molar-refractivity contribution in [3.8, 4) is 11.5 Å². The molecule has 0 amide bonds. The van der Waals surface area contributed by atoms with Crippen molar-refractivity contribution in [2.45, 2.75) is 74.7 Å². The Hall–Kier alpha value is -1.56. The van der Waals surface area contributed by atoms with E-state index in [9.17, 15) is 10.2 Å². The number of benzene rings is 1. The smallest absolute Gasteiger partial charge is 0.165 e. The summed E-state index contributed by atoms with van der Waals surface area (Å²) in [5.74, 6) is 0.823. The minimum Gasteiger partial charge on any atom is -0.504 e. The number of hydrogen-bond acceptors (Lipinski definition) is 5. The number of aliphatic hydroxyl groups is 1. The average Bonchev–Trinajstić information content (AvgIpc) is 3.09. The molecule has 2 unspecified atom stereocenters. The molecule has 2 spiro atoms. The molecule has 7 rings (SSSR count). The average molecular weight is 412 g/mol. The van der Waals surface area contributed by atoms with Crippen LogP contribution in [0.2, 0.25) is 0 Å². The molecule has 2 N–H and O–H groups in total. The van der Waals surface area contributed by atoms with Crippen molar-refractivity contribution in [2.24, 2.45) is 11.3 Å². The van der Waals surface area contributed by atoms with Crippen molar-refractivity contribution in [3.63, 3.8) is 0 Å². The Bertz CT molecular complexity index is 957. The highest BCUT2D eigenvalue weighted by Crippen LogP contribution is 2.75. The van der Waals surface area contributed by atoms with Gasteiger partial charge in [-0.15, -0.1) is 0 Å². The summed E-state index contributed by atoms with van der Waals surface area (Å²) in [5, 5.41) is 22.4. The number of likely N-dealkylation sites (N-methyl/N-ethyl adjacent to an activating group) is 1. The predicted octanol–water partition coefficient (Wildman–Crippen LogP) is 3.16. The highest BCUT2D eigenvalue weighted by molar-refractivity contribution is 5.65. The molecule has 1 aromatic rings. The summed E-state index contributed by atoms with van der Waals surface area (Å²) in [4.78, 5) is 2.51. The van der Waals surface area contributed by atoms with Gasteiger partial charge in [-0.05, 0) is 57.8 Å². The molecule has 162 valence electrons. The van der Waals surface area contributed by atoms with Gasteiger partial charge in [-0.3, -0.25) is 0 Å². The number of phenols is 1. The number of nitrogens with zero attached hydrogens (tertiary/aromatic N) is 1. The van der Waals surface area contributed by atoms with Gasteiger partial charge in [0.15, 0.2) is 11.5 Å². The van der Waals surface area contributed by atoms with Crippen molar-refractivity contribution < 1.29 is 19.7 Å². The highest BCUT2D eigenvalue weighted by atomic mass is 16.6. The minimum atomic E-state index is -0.850. The van der Waals surface area contributed by atoms with E-state index in [1.165, 1.54) is 11.1 Å². The summed E-state index contributed by atoms with van der Waals surface area (Å²) in [6, 6.07) is 4.23. The molecule has 7 atom stereocenters. The Balaban J connectivity index is 1.66. The quantitative estimate of drug-likeness (QED) is 0.746. The molecule has 6 aliphatic rings. The van der Waals surface area contributed by atoms with Crippen molar-refractivity contribution in [1.29, 1.82) is 0 Å². The van der Waals surface area contributed by atoms with Gasteiger partial charge < -0.3 is 24.6 Å². The molecule has 2 aliphatic heterocycles. The molecule has 1 saturated carbocycles. The van der Waals surface area contributed by atoms with E-state index >= 15 is 0 Å². The lowest BCUT2D eigenvalue weighted by Crippen LogP contribution is -2.80. The molecule has 1 saturated heterocycles. The topological polar surface area (TPSA) is 62.2 Å². The van der Waals surface area contributed by atoms with Crippen LogP contribution in [-0.2, 0) is 16.6 Å². The predicted molar refractivity (Wildman–Crippen MR) is 114 cm³/mol. The summed E-state index contributed by atoms with van der Waals surface area (Å²) in [6.45, 7) is 5.11. The number of piperidine rings is 1. The molecule has 0 radical (unpaired) electrons. The van der Waals surface area contributed by atoms with Crippen LogP contribution in [-0.4, -0.2) is 59.2 Å². The zero-order valence-electron chi connectivity index (χ0n) is 18.4. The summed E-state index contributed by atoms with van der Waals surface area (Å²) < 4.78 is 13.1. The maximum atomic E-state index is 11.7. The van der Waals surface area contributed by atoms with Crippen LogP contribution in [0.5, 0.6) is 11.5 Å². The Labute approximate surface area is 178 Å². The molecule has 5 nitrogen and oxygen atoms in total. The molecular formula is C25H33NO4. The number of methoxy groups -OCH3 is 1. The van der Waals surface area contributed by atoms with Crippen LogP contribution in [0, 0.1) is 11.3 Å². The van der Waals surface area contributed by atoms with Gasteiger partial charge in [0.05, 0.1) is 11.0 Å². The van der Waals surface area contributed by atoms with Crippen LogP contribution in [0.3, 0.4) is 0 Å². The number of hydrogen-bond donors (Lipinski definition) is 2. The highest BCUT2D eigenvalue weighted by Gasteiger charge is 2.80. The number of aromatic hydroxyl groups is 1. The van der Waals surface area contributed by atoms with E-state index in [1.807, 2.05) is 6.92 Å². The van der Waals surface area contributed by atoms with E-state index in [-0.39, 0.29) is 28.6 Å². The van der Waals surface area contributed by atoms with Crippen LogP contribution in [0.1, 0.15) is 50.7 Å². The zero-order valence-corrected chi connectivity index (χ0v) is 18.4. The van der Waals surface area contributed by atoms with Crippen LogP contribution in [0.4, 0.5) is 0 Å². The van der Waals surface area contributed by atoms with Crippen molar-refractivity contribution in [2.75, 3.05) is 20.7 Å². The van der Waals surface area contributed by atoms with E-state index in [4.69, 9.17) is 9.47 Å². The fraction of sp³-hybridized carbons (Fsp3) is 0.680. The zero-order chi connectivity index (χ0) is 21.1. The fourth-order valence-corrected chi connectivity index (χ4v) is 8.44. The van der Waals surface area contributed by atoms with Gasteiger partial charge >= 0.3 is 0 Å². The van der Waals surface area contributed by atoms with Crippen LogP contribution >= 0.6 is 0 Å². The fourth-order valence-electron chi connectivity index (χ4n) is 8.44. The number of rotatable bonds is 4. The first-order valence-corrected chi connectivity index (χ1v) is 11.5. The molecule has 2 fully saturated rings. The minimum absolute atomic E-state index is 0.0647. The SMILES string of the molecule is CCCC(C)(O)[C@H]1C[C@@]23C=CC1(OC)[C@@H]1Oc4c(O)ccc5c4[C@@]12CCN(C)[C@@H]3C5. The molecule has 30 heavy (non-hydrogen) atoms. The third-order valence-electron chi connectivity index (χ3n) is 9.58. The lowest BCUT2D eigenvalue weighted by Gasteiger charge is -2.72. The lowest BCUT2D eigenvalue weighted by molar-refractivity contribution is -0.247. The van der Waals surface area contributed by atoms with Gasteiger partial charge in [-0.2, -0.15) is 0 Å². The second kappa shape index (κ2) is 5.62. The van der Waals surface area contributed by atoms with Crippen LogP contribution in [0.15, 0.2) is 24.3 Å². The molecule has 5 heteroatoms. The number of fused-ring (bicyclic) bond motifs is 1. The molecule has 4 aliphatic carbocycles. The molecular weight excluding hydrogens is 378 g/mol. The lowest BCUT2D eigenvalue weighted by atomic mass is 9.36. The standard InChI is InChI=1S/C25H33NO4/c1-5-8-22(2,28)17-14-23-9-10-25(17,29-4)21-24(23)11-12-26(3)18(23)13-15-6-7-16(27)20(30-21)19(15)24/h6-7,9-10,17-18,21,27-28H,5,8,11-14H2,1-4H3/t17-,18-,21-,22?,23-,24+,25?/m1/s1. The number of likely N-dealkylation sites (tertiary alicyclic amines) is 1. The second-order valence-corrected chi connectivity index (χ2v) is 10.7. The van der Waals surface area contributed by atoms with E-state index < -0.39 is 11.2 Å². The Kier molecular flexibility index (Phi) is 3.59. The van der Waals surface area contributed by atoms with Crippen molar-refractivity contribution >= 4 is 0 Å². The number of ether oxygens (including phenoxy) is 2. The maximum absolute atomic E-state index is 11.7. The third kappa shape index (κ3) is 1.80. The van der Waals surface area contributed by atoms with Crippen molar-refractivity contribution in [1.82, 2.24) is 4.90 Å². The Morgan fingerprint density at radius 2 is 2.13 bits per heavy atom. The largest absolute Gasteiger partial charge is 0.504 e. The first kappa shape index (κ1) is 19.1. The Morgan fingerprint density at radius 3 is 2.87 bits per heavy atom. The van der Waals surface area contributed by atoms with E-state index in [0.29, 0.717) is 11.8 Å². The second-order valence-electron chi connectivity index (χ2n) is 10.7. The van der Waals surface area contributed by atoms with Gasteiger partial charge in [0.25, 0.3) is 0 Å². The molecule has 0 aromatic heterocycles. The van der Waals surface area contributed by atoms with E-state index in [0.717, 1.165) is 38.6 Å². The molecule has 1 aromatic carbocycles. The van der Waals surface area contributed by atoms with Gasteiger partial charge in [-0.1, -0.05) is 31.6 Å². The number of phenolic OH excluding ortho intramolecular Hbond substituents is 1. The van der Waals surface area contributed by atoms with Crippen LogP contribution in [0.25, 0.3) is 0 Å². The van der Waals surface area contributed by atoms with E-state index in [1.54, 1.807) is 13.2 Å². The maximum Gasteiger partial charge on any atom is 0.165 e. The van der Waals surface area contributed by atoms with Gasteiger partial charge in [0, 0.05) is 30.0 Å². The summed E-state index contributed by atoms with van der Waals surface area (Å²) in [7, 11) is 4.00. The van der Waals surface area contributed by atoms with Crippen molar-refractivity contribution in [3.05, 3.63) is 35.4 Å². The summed E-state index contributed by atoms with van der Waals surface area (Å²) in [5.41, 5.74) is 0.625. The molecule has 4 bridgehead atoms.